The smallest absolute Gasteiger partial charge is 0.177 e. The van der Waals surface area contributed by atoms with Crippen molar-refractivity contribution < 1.29 is 0 Å². The fraction of sp³-hybridized carbons (Fsp3) is 0.125. The molecule has 0 aliphatic heterocycles. The second kappa shape index (κ2) is 5.44. The molecule has 4 rings (SSSR count). The van der Waals surface area contributed by atoms with Crippen LogP contribution in [-0.2, 0) is 7.05 Å². The summed E-state index contributed by atoms with van der Waals surface area (Å²) >= 11 is 1.69. The summed E-state index contributed by atoms with van der Waals surface area (Å²) in [6, 6.07) is 8.03. The van der Waals surface area contributed by atoms with Gasteiger partial charge in [0.05, 0.1) is 10.2 Å². The first-order valence-electron chi connectivity index (χ1n) is 7.14. The van der Waals surface area contributed by atoms with Crippen LogP contribution in [0.2, 0.25) is 0 Å². The minimum absolute atomic E-state index is 0.722. The first-order chi connectivity index (χ1) is 11.2. The van der Waals surface area contributed by atoms with Crippen LogP contribution in [-0.4, -0.2) is 25.0 Å². The normalized spacial score (nSPS) is 11.0. The molecule has 0 aliphatic carbocycles. The van der Waals surface area contributed by atoms with Crippen LogP contribution in [0.4, 0.5) is 11.6 Å². The molecule has 0 aliphatic rings. The monoisotopic (exact) mass is 322 g/mol. The number of nitrogens with zero attached hydrogens (tertiary/aromatic N) is 5. The molecule has 0 atom stereocenters. The number of aryl methyl sites for hydroxylation is 2. The molecular weight excluding hydrogens is 308 g/mol. The van der Waals surface area contributed by atoms with Gasteiger partial charge in [-0.1, -0.05) is 0 Å². The Morgan fingerprint density at radius 2 is 1.91 bits per heavy atom. The molecule has 0 unspecified atom stereocenters. The molecule has 0 fully saturated rings. The minimum atomic E-state index is 0.722. The molecule has 4 aromatic rings. The molecule has 0 aromatic carbocycles. The predicted octanol–water partition coefficient (Wildman–Crippen LogP) is 3.54. The van der Waals surface area contributed by atoms with Gasteiger partial charge in [-0.2, -0.15) is 9.90 Å². The van der Waals surface area contributed by atoms with Crippen molar-refractivity contribution in [1.29, 1.82) is 0 Å². The Morgan fingerprint density at radius 1 is 1.09 bits per heavy atom. The first-order valence-corrected chi connectivity index (χ1v) is 8.02. The molecule has 23 heavy (non-hydrogen) atoms. The zero-order valence-corrected chi connectivity index (χ0v) is 13.5. The molecule has 1 N–H and O–H groups in total. The number of aromatic nitrogens is 5. The van der Waals surface area contributed by atoms with Crippen LogP contribution >= 0.6 is 11.3 Å². The standard InChI is InChI=1S/C16H14N6S/c1-10-16(21-22(2)20-10)19-14-4-3-13-15(18-14)12(9-23-13)11-5-7-17-8-6-11/h3-9H,1-2H3,(H,18,19,21). The Kier molecular flexibility index (Phi) is 3.27. The Labute approximate surface area is 136 Å². The summed E-state index contributed by atoms with van der Waals surface area (Å²) in [6.07, 6.45) is 3.59. The van der Waals surface area contributed by atoms with E-state index in [1.54, 1.807) is 35.6 Å². The number of thiophene rings is 1. The van der Waals surface area contributed by atoms with Crippen LogP contribution < -0.4 is 5.32 Å². The van der Waals surface area contributed by atoms with Gasteiger partial charge in [0.25, 0.3) is 0 Å². The van der Waals surface area contributed by atoms with Crippen LogP contribution in [0.5, 0.6) is 0 Å². The second-order valence-electron chi connectivity index (χ2n) is 5.18. The van der Waals surface area contributed by atoms with E-state index in [0.717, 1.165) is 38.7 Å². The van der Waals surface area contributed by atoms with Crippen LogP contribution in [0.1, 0.15) is 5.69 Å². The van der Waals surface area contributed by atoms with Crippen molar-refractivity contribution in [2.75, 3.05) is 5.32 Å². The Balaban J connectivity index is 1.77. The van der Waals surface area contributed by atoms with Crippen molar-refractivity contribution in [3.63, 3.8) is 0 Å². The average molecular weight is 322 g/mol. The summed E-state index contributed by atoms with van der Waals surface area (Å²) in [5.41, 5.74) is 4.06. The van der Waals surface area contributed by atoms with E-state index in [2.05, 4.69) is 31.9 Å². The zero-order valence-electron chi connectivity index (χ0n) is 12.7. The zero-order chi connectivity index (χ0) is 15.8. The predicted molar refractivity (Wildman–Crippen MR) is 91.9 cm³/mol. The average Bonchev–Trinajstić information content (AvgIpc) is 3.11. The maximum absolute atomic E-state index is 4.76. The minimum Gasteiger partial charge on any atom is -0.322 e. The number of pyridine rings is 2. The molecule has 114 valence electrons. The van der Waals surface area contributed by atoms with Gasteiger partial charge in [-0.15, -0.1) is 16.4 Å². The third kappa shape index (κ3) is 2.55. The van der Waals surface area contributed by atoms with Gasteiger partial charge in [-0.25, -0.2) is 4.98 Å². The van der Waals surface area contributed by atoms with Gasteiger partial charge in [0, 0.05) is 30.4 Å². The van der Waals surface area contributed by atoms with Crippen molar-refractivity contribution in [2.45, 2.75) is 6.92 Å². The number of fused-ring (bicyclic) bond motifs is 1. The highest BCUT2D eigenvalue weighted by atomic mass is 32.1. The SMILES string of the molecule is Cc1nn(C)nc1Nc1ccc2scc(-c3ccncc3)c2n1. The largest absolute Gasteiger partial charge is 0.322 e. The Bertz CT molecular complexity index is 973. The molecule has 0 radical (unpaired) electrons. The van der Waals surface area contributed by atoms with E-state index in [9.17, 15) is 0 Å². The Hall–Kier alpha value is -2.80. The number of rotatable bonds is 3. The second-order valence-corrected chi connectivity index (χ2v) is 6.09. The molecule has 0 saturated carbocycles. The molecule has 7 heteroatoms. The van der Waals surface area contributed by atoms with E-state index >= 15 is 0 Å². The highest BCUT2D eigenvalue weighted by Gasteiger charge is 2.11. The molecule has 0 saturated heterocycles. The maximum Gasteiger partial charge on any atom is 0.177 e. The number of nitrogens with one attached hydrogen (secondary N) is 1. The lowest BCUT2D eigenvalue weighted by molar-refractivity contribution is 0.651. The van der Waals surface area contributed by atoms with Crippen molar-refractivity contribution in [2.24, 2.45) is 7.05 Å². The van der Waals surface area contributed by atoms with E-state index < -0.39 is 0 Å². The summed E-state index contributed by atoms with van der Waals surface area (Å²) in [7, 11) is 1.80. The summed E-state index contributed by atoms with van der Waals surface area (Å²) in [5, 5.41) is 13.9. The van der Waals surface area contributed by atoms with Gasteiger partial charge in [0.2, 0.25) is 0 Å². The van der Waals surface area contributed by atoms with Gasteiger partial charge < -0.3 is 5.32 Å². The summed E-state index contributed by atoms with van der Waals surface area (Å²) < 4.78 is 1.15. The number of hydrogen-bond acceptors (Lipinski definition) is 6. The van der Waals surface area contributed by atoms with Crippen LogP contribution in [0.15, 0.2) is 42.0 Å². The van der Waals surface area contributed by atoms with Gasteiger partial charge in [-0.05, 0) is 36.8 Å². The van der Waals surface area contributed by atoms with Gasteiger partial charge in [0.15, 0.2) is 5.82 Å². The van der Waals surface area contributed by atoms with E-state index in [1.807, 2.05) is 25.1 Å². The van der Waals surface area contributed by atoms with Gasteiger partial charge in [-0.3, -0.25) is 4.98 Å². The summed E-state index contributed by atoms with van der Waals surface area (Å²) in [5.74, 6) is 1.48. The first kappa shape index (κ1) is 13.8. The summed E-state index contributed by atoms with van der Waals surface area (Å²) in [6.45, 7) is 1.92. The lowest BCUT2D eigenvalue weighted by atomic mass is 10.1. The highest BCUT2D eigenvalue weighted by Crippen LogP contribution is 2.33. The molecule has 0 spiro atoms. The lowest BCUT2D eigenvalue weighted by Crippen LogP contribution is -1.97. The molecule has 0 bridgehead atoms. The van der Waals surface area contributed by atoms with E-state index in [-0.39, 0.29) is 0 Å². The third-order valence-electron chi connectivity index (χ3n) is 3.54. The van der Waals surface area contributed by atoms with Crippen molar-refractivity contribution in [3.05, 3.63) is 47.7 Å². The fourth-order valence-corrected chi connectivity index (χ4v) is 3.37. The van der Waals surface area contributed by atoms with E-state index in [1.165, 1.54) is 0 Å². The molecule has 4 heterocycles. The molecule has 0 amide bonds. The van der Waals surface area contributed by atoms with Gasteiger partial charge in [0.1, 0.15) is 11.5 Å². The number of hydrogen-bond donors (Lipinski definition) is 1. The topological polar surface area (TPSA) is 68.5 Å². The third-order valence-corrected chi connectivity index (χ3v) is 4.47. The van der Waals surface area contributed by atoms with Crippen LogP contribution in [0.3, 0.4) is 0 Å². The van der Waals surface area contributed by atoms with E-state index in [0.29, 0.717) is 0 Å². The summed E-state index contributed by atoms with van der Waals surface area (Å²) in [4.78, 5) is 10.4. The Morgan fingerprint density at radius 3 is 2.65 bits per heavy atom. The quantitative estimate of drug-likeness (QED) is 0.625. The van der Waals surface area contributed by atoms with Crippen LogP contribution in [0, 0.1) is 6.92 Å². The van der Waals surface area contributed by atoms with Crippen molar-refractivity contribution in [3.8, 4) is 11.1 Å². The highest BCUT2D eigenvalue weighted by molar-refractivity contribution is 7.17. The van der Waals surface area contributed by atoms with Crippen molar-refractivity contribution in [1.82, 2.24) is 25.0 Å². The van der Waals surface area contributed by atoms with Crippen LogP contribution in [0.25, 0.3) is 21.3 Å². The van der Waals surface area contributed by atoms with Gasteiger partial charge >= 0.3 is 0 Å². The fourth-order valence-electron chi connectivity index (χ4n) is 2.46. The molecule has 6 nitrogen and oxygen atoms in total. The lowest BCUT2D eigenvalue weighted by Gasteiger charge is -2.04. The number of anilines is 2. The van der Waals surface area contributed by atoms with Crippen molar-refractivity contribution >= 4 is 33.2 Å². The molecule has 4 aromatic heterocycles. The molecular formula is C16H14N6S. The maximum atomic E-state index is 4.76. The van der Waals surface area contributed by atoms with E-state index in [4.69, 9.17) is 4.98 Å².